The quantitative estimate of drug-likeness (QED) is 0.0414. The molecule has 0 aromatic heterocycles. The standard InChI is InChI=1S/C42H78O4/c1-3-5-7-9-11-13-15-17-19-20-21-22-24-26-28-30-32-34-36-38-45-40-41(39-43)46-42(44)37-35-33-31-29-27-25-23-18-16-14-12-10-8-6-4-2/h12,14,18-20,23,41,43H,3-11,13,15-17,21-22,24-40H2,1-2H3/b14-12-,20-19-,23-18-. The van der Waals surface area contributed by atoms with Crippen LogP contribution in [-0.4, -0.2) is 37.0 Å². The molecule has 0 aliphatic carbocycles. The van der Waals surface area contributed by atoms with Crippen molar-refractivity contribution in [2.45, 2.75) is 206 Å². The third-order valence-corrected chi connectivity index (χ3v) is 8.69. The molecule has 0 bridgehead atoms. The molecule has 1 atom stereocenters. The molecule has 46 heavy (non-hydrogen) atoms. The third kappa shape index (κ3) is 37.1. The first kappa shape index (κ1) is 44.6. The molecule has 0 amide bonds. The number of hydrogen-bond donors (Lipinski definition) is 1. The van der Waals surface area contributed by atoms with E-state index in [9.17, 15) is 9.90 Å². The lowest BCUT2D eigenvalue weighted by Gasteiger charge is -2.15. The van der Waals surface area contributed by atoms with Gasteiger partial charge >= 0.3 is 5.97 Å². The fourth-order valence-corrected chi connectivity index (χ4v) is 5.65. The zero-order chi connectivity index (χ0) is 33.4. The summed E-state index contributed by atoms with van der Waals surface area (Å²) in [5.41, 5.74) is 0. The molecule has 0 radical (unpaired) electrons. The number of esters is 1. The van der Waals surface area contributed by atoms with Crippen molar-refractivity contribution >= 4 is 5.97 Å². The Labute approximate surface area is 287 Å². The van der Waals surface area contributed by atoms with Gasteiger partial charge in [-0.3, -0.25) is 4.79 Å². The van der Waals surface area contributed by atoms with Gasteiger partial charge in [0.15, 0.2) is 0 Å². The number of ether oxygens (including phenoxy) is 2. The maximum absolute atomic E-state index is 12.2. The number of allylic oxidation sites excluding steroid dienone is 6. The smallest absolute Gasteiger partial charge is 0.306 e. The van der Waals surface area contributed by atoms with Crippen LogP contribution in [0.5, 0.6) is 0 Å². The van der Waals surface area contributed by atoms with Gasteiger partial charge in [-0.2, -0.15) is 0 Å². The number of rotatable bonds is 37. The first-order chi connectivity index (χ1) is 22.7. The van der Waals surface area contributed by atoms with Gasteiger partial charge in [-0.1, -0.05) is 159 Å². The Hall–Kier alpha value is -1.39. The molecule has 4 nitrogen and oxygen atoms in total. The second-order valence-electron chi connectivity index (χ2n) is 13.3. The van der Waals surface area contributed by atoms with E-state index in [0.717, 1.165) is 38.5 Å². The van der Waals surface area contributed by atoms with Gasteiger partial charge in [0.1, 0.15) is 6.10 Å². The Morgan fingerprint density at radius 3 is 1.41 bits per heavy atom. The van der Waals surface area contributed by atoms with Gasteiger partial charge in [0.2, 0.25) is 0 Å². The minimum absolute atomic E-state index is 0.178. The van der Waals surface area contributed by atoms with E-state index < -0.39 is 6.10 Å². The lowest BCUT2D eigenvalue weighted by Crippen LogP contribution is -2.27. The number of aliphatic hydroxyl groups is 1. The van der Waals surface area contributed by atoms with Crippen molar-refractivity contribution in [3.05, 3.63) is 36.5 Å². The van der Waals surface area contributed by atoms with Crippen molar-refractivity contribution in [2.75, 3.05) is 19.8 Å². The van der Waals surface area contributed by atoms with E-state index in [1.165, 1.54) is 141 Å². The molecule has 1 N–H and O–H groups in total. The van der Waals surface area contributed by atoms with Crippen molar-refractivity contribution in [1.29, 1.82) is 0 Å². The van der Waals surface area contributed by atoms with E-state index >= 15 is 0 Å². The van der Waals surface area contributed by atoms with Gasteiger partial charge in [0.25, 0.3) is 0 Å². The average Bonchev–Trinajstić information content (AvgIpc) is 3.06. The fourth-order valence-electron chi connectivity index (χ4n) is 5.65. The summed E-state index contributed by atoms with van der Waals surface area (Å²) in [7, 11) is 0. The van der Waals surface area contributed by atoms with E-state index in [0.29, 0.717) is 13.0 Å². The molecule has 0 aliphatic rings. The van der Waals surface area contributed by atoms with Crippen LogP contribution in [0.1, 0.15) is 200 Å². The summed E-state index contributed by atoms with van der Waals surface area (Å²) in [5.74, 6) is -0.215. The van der Waals surface area contributed by atoms with E-state index in [-0.39, 0.29) is 19.2 Å². The maximum Gasteiger partial charge on any atom is 0.306 e. The molecular formula is C42H78O4. The summed E-state index contributed by atoms with van der Waals surface area (Å²) < 4.78 is 11.1. The van der Waals surface area contributed by atoms with E-state index in [2.05, 4.69) is 50.3 Å². The first-order valence-corrected chi connectivity index (χ1v) is 20.1. The van der Waals surface area contributed by atoms with Crippen molar-refractivity contribution < 1.29 is 19.4 Å². The molecule has 0 aromatic rings. The Morgan fingerprint density at radius 1 is 0.522 bits per heavy atom. The molecule has 0 saturated carbocycles. The lowest BCUT2D eigenvalue weighted by atomic mass is 10.1. The number of aliphatic hydroxyl groups excluding tert-OH is 1. The van der Waals surface area contributed by atoms with Crippen LogP contribution in [0, 0.1) is 0 Å². The van der Waals surface area contributed by atoms with E-state index in [4.69, 9.17) is 9.47 Å². The van der Waals surface area contributed by atoms with Crippen molar-refractivity contribution in [1.82, 2.24) is 0 Å². The Balaban J connectivity index is 3.45. The SMILES string of the molecule is CCCCC/C=C\C/C=C\CCCCCCCC(=O)OC(CO)COCCCCCCCCCC/C=C\CCCCCCCCC. The monoisotopic (exact) mass is 647 g/mol. The summed E-state index contributed by atoms with van der Waals surface area (Å²) in [5, 5.41) is 9.57. The predicted molar refractivity (Wildman–Crippen MR) is 200 cm³/mol. The summed E-state index contributed by atoms with van der Waals surface area (Å²) in [6, 6.07) is 0. The second-order valence-corrected chi connectivity index (χ2v) is 13.3. The average molecular weight is 647 g/mol. The molecule has 4 heteroatoms. The number of carbonyl (C=O) groups excluding carboxylic acids is 1. The van der Waals surface area contributed by atoms with Crippen LogP contribution in [0.4, 0.5) is 0 Å². The van der Waals surface area contributed by atoms with Crippen LogP contribution in [-0.2, 0) is 14.3 Å². The molecule has 0 aliphatic heterocycles. The molecule has 270 valence electrons. The Morgan fingerprint density at radius 2 is 0.913 bits per heavy atom. The van der Waals surface area contributed by atoms with Gasteiger partial charge in [-0.05, 0) is 70.6 Å². The van der Waals surface area contributed by atoms with Gasteiger partial charge in [-0.15, -0.1) is 0 Å². The molecule has 0 saturated heterocycles. The van der Waals surface area contributed by atoms with Crippen molar-refractivity contribution in [3.8, 4) is 0 Å². The largest absolute Gasteiger partial charge is 0.457 e. The Kier molecular flexibility index (Phi) is 38.6. The minimum Gasteiger partial charge on any atom is -0.457 e. The van der Waals surface area contributed by atoms with Crippen LogP contribution in [0.15, 0.2) is 36.5 Å². The van der Waals surface area contributed by atoms with Gasteiger partial charge in [0, 0.05) is 13.0 Å². The van der Waals surface area contributed by atoms with Crippen LogP contribution < -0.4 is 0 Å². The molecule has 0 heterocycles. The van der Waals surface area contributed by atoms with Crippen molar-refractivity contribution in [3.63, 3.8) is 0 Å². The topological polar surface area (TPSA) is 55.8 Å². The summed E-state index contributed by atoms with van der Waals surface area (Å²) in [6.45, 7) is 5.31. The van der Waals surface area contributed by atoms with E-state index in [1.54, 1.807) is 0 Å². The Bertz CT molecular complexity index is 683. The predicted octanol–water partition coefficient (Wildman–Crippen LogP) is 12.9. The second kappa shape index (κ2) is 39.8. The molecule has 0 spiro atoms. The molecule has 1 unspecified atom stereocenters. The van der Waals surface area contributed by atoms with Gasteiger partial charge < -0.3 is 14.6 Å². The van der Waals surface area contributed by atoms with Crippen LogP contribution in [0.25, 0.3) is 0 Å². The zero-order valence-electron chi connectivity index (χ0n) is 30.8. The third-order valence-electron chi connectivity index (χ3n) is 8.69. The fraction of sp³-hybridized carbons (Fsp3) is 0.833. The van der Waals surface area contributed by atoms with Crippen LogP contribution in [0.3, 0.4) is 0 Å². The highest BCUT2D eigenvalue weighted by Gasteiger charge is 2.13. The maximum atomic E-state index is 12.2. The highest BCUT2D eigenvalue weighted by Crippen LogP contribution is 2.13. The minimum atomic E-state index is -0.541. The summed E-state index contributed by atoms with van der Waals surface area (Å²) >= 11 is 0. The normalized spacial score (nSPS) is 12.7. The number of carbonyl (C=O) groups is 1. The molecule has 0 rings (SSSR count). The highest BCUT2D eigenvalue weighted by molar-refractivity contribution is 5.69. The lowest BCUT2D eigenvalue weighted by molar-refractivity contribution is -0.154. The van der Waals surface area contributed by atoms with Crippen molar-refractivity contribution in [2.24, 2.45) is 0 Å². The van der Waals surface area contributed by atoms with Gasteiger partial charge in [0.05, 0.1) is 13.2 Å². The number of hydrogen-bond acceptors (Lipinski definition) is 4. The summed E-state index contributed by atoms with van der Waals surface area (Å²) in [6.07, 6.45) is 49.0. The highest BCUT2D eigenvalue weighted by atomic mass is 16.6. The van der Waals surface area contributed by atoms with Gasteiger partial charge in [-0.25, -0.2) is 0 Å². The van der Waals surface area contributed by atoms with Crippen LogP contribution in [0.2, 0.25) is 0 Å². The van der Waals surface area contributed by atoms with Crippen LogP contribution >= 0.6 is 0 Å². The zero-order valence-corrected chi connectivity index (χ0v) is 30.8. The number of unbranched alkanes of at least 4 members (excludes halogenated alkanes) is 23. The summed E-state index contributed by atoms with van der Waals surface area (Å²) in [4.78, 5) is 12.2. The molecule has 0 fully saturated rings. The molecule has 0 aromatic carbocycles. The molecular weight excluding hydrogens is 568 g/mol. The van der Waals surface area contributed by atoms with E-state index in [1.807, 2.05) is 0 Å². The first-order valence-electron chi connectivity index (χ1n) is 20.1.